The van der Waals surface area contributed by atoms with Gasteiger partial charge >= 0.3 is 12.0 Å². The molecule has 1 heterocycles. The van der Waals surface area contributed by atoms with Gasteiger partial charge < -0.3 is 14.3 Å². The van der Waals surface area contributed by atoms with Gasteiger partial charge in [-0.2, -0.15) is 4.98 Å². The van der Waals surface area contributed by atoms with Crippen molar-refractivity contribution in [1.29, 1.82) is 0 Å². The van der Waals surface area contributed by atoms with Crippen LogP contribution in [0.4, 0.5) is 0 Å². The molecule has 1 aliphatic carbocycles. The molecule has 0 bridgehead atoms. The first-order valence-corrected chi connectivity index (χ1v) is 5.61. The summed E-state index contributed by atoms with van der Waals surface area (Å²) in [5.74, 6) is -1.10. The highest BCUT2D eigenvalue weighted by molar-refractivity contribution is 5.84. The van der Waals surface area contributed by atoms with E-state index in [0.717, 1.165) is 31.9 Å². The molecule has 2 rings (SSSR count). The average molecular weight is 225 g/mol. The highest BCUT2D eigenvalue weighted by Gasteiger charge is 2.17. The molecule has 1 N–H and O–H groups in total. The minimum absolute atomic E-state index is 0.0734. The molecule has 0 atom stereocenters. The number of ether oxygens (including phenoxy) is 1. The second-order valence-electron chi connectivity index (χ2n) is 4.04. The van der Waals surface area contributed by atoms with E-state index < -0.39 is 5.97 Å². The maximum absolute atomic E-state index is 10.6. The Morgan fingerprint density at radius 2 is 2.06 bits per heavy atom. The van der Waals surface area contributed by atoms with Gasteiger partial charge in [0.25, 0.3) is 0 Å². The van der Waals surface area contributed by atoms with E-state index in [2.05, 4.69) is 4.98 Å². The lowest BCUT2D eigenvalue weighted by Crippen LogP contribution is -2.15. The number of carbonyl (C=O) groups is 1. The first-order valence-electron chi connectivity index (χ1n) is 5.61. The summed E-state index contributed by atoms with van der Waals surface area (Å²) in [4.78, 5) is 14.3. The third kappa shape index (κ3) is 2.74. The monoisotopic (exact) mass is 225 g/mol. The quantitative estimate of drug-likeness (QED) is 0.800. The number of nitrogens with zero attached hydrogens (tertiary/aromatic N) is 1. The standard InChI is InChI=1S/C11H15NO4/c13-10(14)9-7-15-11(12-9)16-8-5-3-1-2-4-6-8/h7-8H,1-6H2,(H,13,14). The molecule has 0 aromatic carbocycles. The number of hydrogen-bond acceptors (Lipinski definition) is 4. The molecule has 0 spiro atoms. The van der Waals surface area contributed by atoms with Gasteiger partial charge in [0.05, 0.1) is 0 Å². The van der Waals surface area contributed by atoms with E-state index in [4.69, 9.17) is 14.3 Å². The maximum Gasteiger partial charge on any atom is 0.394 e. The summed E-state index contributed by atoms with van der Waals surface area (Å²) < 4.78 is 10.5. The van der Waals surface area contributed by atoms with Crippen molar-refractivity contribution in [3.8, 4) is 6.08 Å². The topological polar surface area (TPSA) is 72.6 Å². The molecule has 1 fully saturated rings. The van der Waals surface area contributed by atoms with E-state index in [-0.39, 0.29) is 17.9 Å². The van der Waals surface area contributed by atoms with E-state index in [1.807, 2.05) is 0 Å². The van der Waals surface area contributed by atoms with Gasteiger partial charge in [-0.3, -0.25) is 0 Å². The molecular formula is C11H15NO4. The number of hydrogen-bond donors (Lipinski definition) is 1. The number of carboxylic acids is 1. The lowest BCUT2D eigenvalue weighted by Gasteiger charge is -2.12. The molecular weight excluding hydrogens is 210 g/mol. The lowest BCUT2D eigenvalue weighted by molar-refractivity contribution is 0.0689. The van der Waals surface area contributed by atoms with Crippen LogP contribution in [0.1, 0.15) is 49.0 Å². The summed E-state index contributed by atoms with van der Waals surface area (Å²) in [6.07, 6.45) is 8.06. The summed E-state index contributed by atoms with van der Waals surface area (Å²) in [5.41, 5.74) is -0.108. The smallest absolute Gasteiger partial charge is 0.394 e. The van der Waals surface area contributed by atoms with Crippen molar-refractivity contribution in [3.05, 3.63) is 12.0 Å². The molecule has 16 heavy (non-hydrogen) atoms. The highest BCUT2D eigenvalue weighted by atomic mass is 16.6. The van der Waals surface area contributed by atoms with Crippen molar-refractivity contribution >= 4 is 5.97 Å². The average Bonchev–Trinajstić information content (AvgIpc) is 2.56. The largest absolute Gasteiger partial charge is 0.476 e. The van der Waals surface area contributed by atoms with Crippen LogP contribution in [0.5, 0.6) is 6.08 Å². The first kappa shape index (κ1) is 11.0. The van der Waals surface area contributed by atoms with Gasteiger partial charge in [0.2, 0.25) is 0 Å². The molecule has 5 heteroatoms. The predicted molar refractivity (Wildman–Crippen MR) is 55.6 cm³/mol. The Kier molecular flexibility index (Phi) is 3.44. The van der Waals surface area contributed by atoms with Crippen LogP contribution in [0.25, 0.3) is 0 Å². The first-order chi connectivity index (χ1) is 7.75. The van der Waals surface area contributed by atoms with Crippen LogP contribution in [0.3, 0.4) is 0 Å². The Morgan fingerprint density at radius 3 is 2.62 bits per heavy atom. The Bertz CT molecular complexity index is 353. The Labute approximate surface area is 93.4 Å². The van der Waals surface area contributed by atoms with Crippen LogP contribution in [0.15, 0.2) is 10.7 Å². The van der Waals surface area contributed by atoms with E-state index in [9.17, 15) is 4.79 Å². The molecule has 88 valence electrons. The highest BCUT2D eigenvalue weighted by Crippen LogP contribution is 2.22. The van der Waals surface area contributed by atoms with E-state index in [0.29, 0.717) is 0 Å². The van der Waals surface area contributed by atoms with Crippen molar-refractivity contribution in [2.45, 2.75) is 44.6 Å². The summed E-state index contributed by atoms with van der Waals surface area (Å²) in [5, 5.41) is 8.67. The van der Waals surface area contributed by atoms with Gasteiger partial charge in [0.15, 0.2) is 5.69 Å². The summed E-state index contributed by atoms with van der Waals surface area (Å²) in [7, 11) is 0. The predicted octanol–water partition coefficient (Wildman–Crippen LogP) is 2.47. The van der Waals surface area contributed by atoms with Crippen LogP contribution in [0.2, 0.25) is 0 Å². The van der Waals surface area contributed by atoms with Crippen LogP contribution in [-0.4, -0.2) is 22.2 Å². The van der Waals surface area contributed by atoms with Crippen molar-refractivity contribution in [2.75, 3.05) is 0 Å². The minimum atomic E-state index is -1.10. The molecule has 0 amide bonds. The number of aromatic carboxylic acids is 1. The number of carboxylic acid groups (broad SMARTS) is 1. The number of rotatable bonds is 3. The fourth-order valence-corrected chi connectivity index (χ4v) is 1.91. The zero-order chi connectivity index (χ0) is 11.4. The van der Waals surface area contributed by atoms with Crippen LogP contribution in [-0.2, 0) is 0 Å². The van der Waals surface area contributed by atoms with E-state index in [1.165, 1.54) is 12.8 Å². The van der Waals surface area contributed by atoms with Gasteiger partial charge in [0.1, 0.15) is 12.4 Å². The van der Waals surface area contributed by atoms with E-state index >= 15 is 0 Å². The maximum atomic E-state index is 10.6. The normalized spacial score (nSPS) is 18.0. The van der Waals surface area contributed by atoms with Crippen LogP contribution < -0.4 is 4.74 Å². The lowest BCUT2D eigenvalue weighted by atomic mass is 10.2. The molecule has 1 aromatic rings. The van der Waals surface area contributed by atoms with Gasteiger partial charge in [-0.1, -0.05) is 12.8 Å². The number of oxazole rings is 1. The van der Waals surface area contributed by atoms with Crippen LogP contribution in [0, 0.1) is 0 Å². The fourth-order valence-electron chi connectivity index (χ4n) is 1.91. The molecule has 0 radical (unpaired) electrons. The Morgan fingerprint density at radius 1 is 1.38 bits per heavy atom. The van der Waals surface area contributed by atoms with E-state index in [1.54, 1.807) is 0 Å². The molecule has 0 saturated heterocycles. The second kappa shape index (κ2) is 5.01. The summed E-state index contributed by atoms with van der Waals surface area (Å²) >= 11 is 0. The molecule has 0 aliphatic heterocycles. The molecule has 5 nitrogen and oxygen atoms in total. The van der Waals surface area contributed by atoms with Crippen molar-refractivity contribution < 1.29 is 19.1 Å². The molecule has 1 aromatic heterocycles. The molecule has 1 saturated carbocycles. The Hall–Kier alpha value is -1.52. The Balaban J connectivity index is 1.94. The van der Waals surface area contributed by atoms with Crippen molar-refractivity contribution in [3.63, 3.8) is 0 Å². The van der Waals surface area contributed by atoms with Crippen molar-refractivity contribution in [2.24, 2.45) is 0 Å². The van der Waals surface area contributed by atoms with Gasteiger partial charge in [0, 0.05) is 0 Å². The second-order valence-corrected chi connectivity index (χ2v) is 4.04. The van der Waals surface area contributed by atoms with Gasteiger partial charge in [-0.05, 0) is 25.7 Å². The van der Waals surface area contributed by atoms with Gasteiger partial charge in [-0.25, -0.2) is 4.79 Å². The third-order valence-corrected chi connectivity index (χ3v) is 2.77. The summed E-state index contributed by atoms with van der Waals surface area (Å²) in [6.45, 7) is 0. The SMILES string of the molecule is O=C(O)c1coc(OC2CCCCCC2)n1. The molecule has 0 unspecified atom stereocenters. The van der Waals surface area contributed by atoms with Crippen LogP contribution >= 0.6 is 0 Å². The molecule has 1 aliphatic rings. The minimum Gasteiger partial charge on any atom is -0.476 e. The fraction of sp³-hybridized carbons (Fsp3) is 0.636. The zero-order valence-corrected chi connectivity index (χ0v) is 9.02. The zero-order valence-electron chi connectivity index (χ0n) is 9.02. The van der Waals surface area contributed by atoms with Crippen molar-refractivity contribution in [1.82, 2.24) is 4.98 Å². The van der Waals surface area contributed by atoms with Gasteiger partial charge in [-0.15, -0.1) is 0 Å². The number of aromatic nitrogens is 1. The summed E-state index contributed by atoms with van der Waals surface area (Å²) in [6, 6.07) is 0. The third-order valence-electron chi connectivity index (χ3n) is 2.77.